The van der Waals surface area contributed by atoms with Crippen LogP contribution in [0.1, 0.15) is 18.1 Å². The highest BCUT2D eigenvalue weighted by Gasteiger charge is 1.98. The molecular weight excluding hydrogens is 186 g/mol. The lowest BCUT2D eigenvalue weighted by atomic mass is 10.0. The van der Waals surface area contributed by atoms with Crippen LogP contribution < -0.4 is 11.5 Å². The molecule has 3 nitrogen and oxygen atoms in total. The van der Waals surface area contributed by atoms with Crippen LogP contribution in [0.4, 0.5) is 0 Å². The first kappa shape index (κ1) is 10.9. The summed E-state index contributed by atoms with van der Waals surface area (Å²) in [4.78, 5) is 0. The molecule has 0 spiro atoms. The highest BCUT2D eigenvalue weighted by Crippen LogP contribution is 2.16. The summed E-state index contributed by atoms with van der Waals surface area (Å²) in [5.74, 6) is 0. The van der Waals surface area contributed by atoms with Crippen molar-refractivity contribution in [2.24, 2.45) is 11.5 Å². The molecule has 0 fully saturated rings. The third-order valence-corrected chi connectivity index (χ3v) is 1.91. The monoisotopic (exact) mass is 199 g/mol. The van der Waals surface area contributed by atoms with Crippen molar-refractivity contribution in [2.75, 3.05) is 0 Å². The molecule has 4 N–H and O–H groups in total. The summed E-state index contributed by atoms with van der Waals surface area (Å²) in [6.07, 6.45) is 3.29. The molecule has 1 rings (SSSR count). The normalized spacial score (nSPS) is 12.3. The molecule has 0 aromatic heterocycles. The van der Waals surface area contributed by atoms with Gasteiger partial charge in [-0.3, -0.25) is 0 Å². The molecule has 0 atom stereocenters. The first-order valence-electron chi connectivity index (χ1n) is 4.53. The second-order valence-electron chi connectivity index (χ2n) is 3.20. The van der Waals surface area contributed by atoms with Crippen LogP contribution in [0, 0.1) is 11.3 Å². The third-order valence-electron chi connectivity index (χ3n) is 1.91. The molecule has 0 heterocycles. The van der Waals surface area contributed by atoms with Crippen LogP contribution in [0.15, 0.2) is 42.2 Å². The molecular formula is C12H13N3. The van der Waals surface area contributed by atoms with Crippen molar-refractivity contribution in [2.45, 2.75) is 6.92 Å². The van der Waals surface area contributed by atoms with E-state index in [9.17, 15) is 0 Å². The Kier molecular flexibility index (Phi) is 3.53. The molecule has 0 aliphatic rings. The van der Waals surface area contributed by atoms with Crippen molar-refractivity contribution in [3.63, 3.8) is 0 Å². The Morgan fingerprint density at radius 1 is 1.33 bits per heavy atom. The van der Waals surface area contributed by atoms with Crippen LogP contribution in [-0.2, 0) is 0 Å². The summed E-state index contributed by atoms with van der Waals surface area (Å²) in [5.41, 5.74) is 14.2. The summed E-state index contributed by atoms with van der Waals surface area (Å²) < 4.78 is 0. The Hall–Kier alpha value is -2.21. The Labute approximate surface area is 89.3 Å². The van der Waals surface area contributed by atoms with Gasteiger partial charge in [0.05, 0.1) is 11.6 Å². The molecule has 0 bridgehead atoms. The minimum atomic E-state index is 0.628. The number of nitrogens with zero attached hydrogens (tertiary/aromatic N) is 1. The first-order chi connectivity index (χ1) is 7.17. The Balaban J connectivity index is 3.06. The predicted octanol–water partition coefficient (Wildman–Crippen LogP) is 1.72. The lowest BCUT2D eigenvalue weighted by molar-refractivity contribution is 1.31. The van der Waals surface area contributed by atoms with Crippen molar-refractivity contribution in [3.8, 4) is 6.07 Å². The number of hydrogen-bond acceptors (Lipinski definition) is 3. The standard InChI is InChI=1S/C12H13N3/c1-9(15)6-12(8-14)11-4-2-10(7-13)3-5-11/h2-6,8H,14-15H2,1H3/b9-6-,12-8+. The minimum Gasteiger partial charge on any atom is -0.404 e. The molecule has 0 aliphatic heterocycles. The van der Waals surface area contributed by atoms with Gasteiger partial charge in [-0.25, -0.2) is 0 Å². The summed E-state index contributed by atoms with van der Waals surface area (Å²) in [6.45, 7) is 1.80. The van der Waals surface area contributed by atoms with E-state index in [0.29, 0.717) is 11.3 Å². The van der Waals surface area contributed by atoms with E-state index in [1.54, 1.807) is 25.1 Å². The van der Waals surface area contributed by atoms with Gasteiger partial charge >= 0.3 is 0 Å². The highest BCUT2D eigenvalue weighted by molar-refractivity contribution is 5.74. The van der Waals surface area contributed by atoms with Crippen LogP contribution in [0.3, 0.4) is 0 Å². The number of nitriles is 1. The maximum atomic E-state index is 8.65. The molecule has 15 heavy (non-hydrogen) atoms. The largest absolute Gasteiger partial charge is 0.404 e. The van der Waals surface area contributed by atoms with Crippen LogP contribution in [0.25, 0.3) is 5.57 Å². The zero-order valence-electron chi connectivity index (χ0n) is 8.57. The first-order valence-corrected chi connectivity index (χ1v) is 4.53. The zero-order valence-corrected chi connectivity index (χ0v) is 8.57. The van der Waals surface area contributed by atoms with Gasteiger partial charge in [-0.05, 0) is 36.3 Å². The van der Waals surface area contributed by atoms with Gasteiger partial charge in [0.15, 0.2) is 0 Å². The highest BCUT2D eigenvalue weighted by atomic mass is 14.5. The zero-order chi connectivity index (χ0) is 11.3. The molecule has 0 amide bonds. The van der Waals surface area contributed by atoms with Crippen LogP contribution >= 0.6 is 0 Å². The summed E-state index contributed by atoms with van der Waals surface area (Å²) in [7, 11) is 0. The molecule has 1 aromatic rings. The van der Waals surface area contributed by atoms with Gasteiger partial charge in [0.25, 0.3) is 0 Å². The van der Waals surface area contributed by atoms with E-state index in [1.807, 2.05) is 12.1 Å². The lowest BCUT2D eigenvalue weighted by Gasteiger charge is -2.02. The lowest BCUT2D eigenvalue weighted by Crippen LogP contribution is -1.94. The molecule has 76 valence electrons. The van der Waals surface area contributed by atoms with E-state index in [4.69, 9.17) is 16.7 Å². The fourth-order valence-corrected chi connectivity index (χ4v) is 1.21. The number of nitrogens with two attached hydrogens (primary N) is 2. The van der Waals surface area contributed by atoms with Crippen LogP contribution in [0.2, 0.25) is 0 Å². The molecule has 0 radical (unpaired) electrons. The van der Waals surface area contributed by atoms with Gasteiger partial charge in [-0.1, -0.05) is 12.1 Å². The van der Waals surface area contributed by atoms with Gasteiger partial charge in [0, 0.05) is 11.9 Å². The second-order valence-corrected chi connectivity index (χ2v) is 3.20. The fourth-order valence-electron chi connectivity index (χ4n) is 1.21. The fraction of sp³-hybridized carbons (Fsp3) is 0.0833. The maximum Gasteiger partial charge on any atom is 0.0991 e. The van der Waals surface area contributed by atoms with Crippen molar-refractivity contribution in [1.82, 2.24) is 0 Å². The smallest absolute Gasteiger partial charge is 0.0991 e. The topological polar surface area (TPSA) is 75.8 Å². The van der Waals surface area contributed by atoms with E-state index in [1.165, 1.54) is 6.20 Å². The number of benzene rings is 1. The van der Waals surface area contributed by atoms with Gasteiger partial charge in [-0.2, -0.15) is 5.26 Å². The Bertz CT molecular complexity index is 429. The summed E-state index contributed by atoms with van der Waals surface area (Å²) in [6, 6.07) is 9.25. The van der Waals surface area contributed by atoms with E-state index < -0.39 is 0 Å². The molecule has 0 saturated heterocycles. The van der Waals surface area contributed by atoms with E-state index in [-0.39, 0.29) is 0 Å². The average molecular weight is 199 g/mol. The van der Waals surface area contributed by atoms with Crippen molar-refractivity contribution in [1.29, 1.82) is 5.26 Å². The van der Waals surface area contributed by atoms with Crippen LogP contribution in [-0.4, -0.2) is 0 Å². The molecule has 0 unspecified atom stereocenters. The predicted molar refractivity (Wildman–Crippen MR) is 61.3 cm³/mol. The quantitative estimate of drug-likeness (QED) is 0.712. The van der Waals surface area contributed by atoms with Crippen LogP contribution in [0.5, 0.6) is 0 Å². The summed E-state index contributed by atoms with van der Waals surface area (Å²) in [5, 5.41) is 8.65. The number of rotatable bonds is 2. The maximum absolute atomic E-state index is 8.65. The molecule has 0 saturated carbocycles. The van der Waals surface area contributed by atoms with Gasteiger partial charge < -0.3 is 11.5 Å². The van der Waals surface area contributed by atoms with Gasteiger partial charge in [-0.15, -0.1) is 0 Å². The Morgan fingerprint density at radius 2 is 1.93 bits per heavy atom. The SMILES string of the molecule is C/C(N)=C/C(=C\N)c1ccc(C#N)cc1. The average Bonchev–Trinajstić information content (AvgIpc) is 2.26. The second kappa shape index (κ2) is 4.87. The van der Waals surface area contributed by atoms with Gasteiger partial charge in [0.1, 0.15) is 0 Å². The summed E-state index contributed by atoms with van der Waals surface area (Å²) >= 11 is 0. The van der Waals surface area contributed by atoms with E-state index >= 15 is 0 Å². The van der Waals surface area contributed by atoms with Crippen molar-refractivity contribution >= 4 is 5.57 Å². The Morgan fingerprint density at radius 3 is 2.33 bits per heavy atom. The van der Waals surface area contributed by atoms with E-state index in [0.717, 1.165) is 11.1 Å². The third kappa shape index (κ3) is 2.89. The van der Waals surface area contributed by atoms with Gasteiger partial charge in [0.2, 0.25) is 0 Å². The molecule has 3 heteroatoms. The number of allylic oxidation sites excluding steroid dienone is 3. The minimum absolute atomic E-state index is 0.628. The van der Waals surface area contributed by atoms with Crippen molar-refractivity contribution < 1.29 is 0 Å². The molecule has 0 aliphatic carbocycles. The molecule has 1 aromatic carbocycles. The van der Waals surface area contributed by atoms with Crippen molar-refractivity contribution in [3.05, 3.63) is 53.4 Å². The number of hydrogen-bond donors (Lipinski definition) is 2. The van der Waals surface area contributed by atoms with E-state index in [2.05, 4.69) is 6.07 Å².